The van der Waals surface area contributed by atoms with E-state index < -0.39 is 0 Å². The molecule has 0 bridgehead atoms. The maximum absolute atomic E-state index is 9.35. The minimum absolute atomic E-state index is 0.127. The van der Waals surface area contributed by atoms with Crippen LogP contribution in [0.15, 0.2) is 0 Å². The quantitative estimate of drug-likeness (QED) is 0.720. The first-order valence-corrected chi connectivity index (χ1v) is 7.03. The first-order valence-electron chi connectivity index (χ1n) is 7.03. The van der Waals surface area contributed by atoms with E-state index in [9.17, 15) is 5.11 Å². The second-order valence-electron chi connectivity index (χ2n) is 5.90. The molecule has 1 rings (SSSR count). The van der Waals surface area contributed by atoms with E-state index in [1.165, 1.54) is 25.7 Å². The molecule has 0 aromatic carbocycles. The predicted octanol–water partition coefficient (Wildman–Crippen LogP) is 2.19. The van der Waals surface area contributed by atoms with Crippen molar-refractivity contribution >= 4 is 0 Å². The van der Waals surface area contributed by atoms with Crippen molar-refractivity contribution in [3.8, 4) is 0 Å². The number of aliphatic hydroxyl groups is 1. The van der Waals surface area contributed by atoms with E-state index in [0.717, 1.165) is 25.0 Å². The second kappa shape index (κ2) is 7.34. The number of likely N-dealkylation sites (N-methyl/N-ethyl adjacent to an activating group) is 1. The molecule has 1 fully saturated rings. The smallest absolute Gasteiger partial charge is 0.0668 e. The number of hydrogen-bond acceptors (Lipinski definition) is 3. The summed E-state index contributed by atoms with van der Waals surface area (Å²) >= 11 is 0. The maximum atomic E-state index is 9.35. The molecular weight excluding hydrogens is 214 g/mol. The molecule has 1 saturated carbocycles. The van der Waals surface area contributed by atoms with Crippen LogP contribution in [0.4, 0.5) is 0 Å². The summed E-state index contributed by atoms with van der Waals surface area (Å²) in [5, 5.41) is 12.6. The Kier molecular flexibility index (Phi) is 6.45. The molecule has 3 unspecified atom stereocenters. The normalized spacial score (nSPS) is 28.9. The van der Waals surface area contributed by atoms with Gasteiger partial charge < -0.3 is 15.2 Å². The van der Waals surface area contributed by atoms with Crippen molar-refractivity contribution in [3.63, 3.8) is 0 Å². The topological polar surface area (TPSA) is 41.5 Å². The Morgan fingerprint density at radius 2 is 2.18 bits per heavy atom. The SMILES string of the molecule is CCNC(C)(CO)COCC1CCCC(C)C1. The summed E-state index contributed by atoms with van der Waals surface area (Å²) in [6, 6.07) is 0. The van der Waals surface area contributed by atoms with Crippen molar-refractivity contribution in [1.82, 2.24) is 5.32 Å². The van der Waals surface area contributed by atoms with Gasteiger partial charge in [-0.2, -0.15) is 0 Å². The molecule has 0 aromatic heterocycles. The highest BCUT2D eigenvalue weighted by Crippen LogP contribution is 2.28. The van der Waals surface area contributed by atoms with Crippen molar-refractivity contribution in [3.05, 3.63) is 0 Å². The van der Waals surface area contributed by atoms with Crippen LogP contribution in [0.2, 0.25) is 0 Å². The van der Waals surface area contributed by atoms with E-state index in [1.807, 2.05) is 6.92 Å². The van der Waals surface area contributed by atoms with Gasteiger partial charge >= 0.3 is 0 Å². The van der Waals surface area contributed by atoms with E-state index >= 15 is 0 Å². The Bertz CT molecular complexity index is 210. The fraction of sp³-hybridized carbons (Fsp3) is 1.00. The zero-order valence-electron chi connectivity index (χ0n) is 11.7. The monoisotopic (exact) mass is 243 g/mol. The van der Waals surface area contributed by atoms with Crippen LogP contribution in [0.25, 0.3) is 0 Å². The van der Waals surface area contributed by atoms with Crippen molar-refractivity contribution < 1.29 is 9.84 Å². The third-order valence-electron chi connectivity index (χ3n) is 3.77. The van der Waals surface area contributed by atoms with Crippen LogP contribution in [0.1, 0.15) is 46.5 Å². The van der Waals surface area contributed by atoms with Crippen LogP contribution in [-0.4, -0.2) is 37.0 Å². The van der Waals surface area contributed by atoms with Crippen LogP contribution in [0.3, 0.4) is 0 Å². The minimum Gasteiger partial charge on any atom is -0.394 e. The fourth-order valence-electron chi connectivity index (χ4n) is 2.74. The fourth-order valence-corrected chi connectivity index (χ4v) is 2.74. The molecule has 0 amide bonds. The summed E-state index contributed by atoms with van der Waals surface area (Å²) in [5.41, 5.74) is -0.283. The molecule has 0 aliphatic heterocycles. The Morgan fingerprint density at radius 1 is 1.41 bits per heavy atom. The van der Waals surface area contributed by atoms with Gasteiger partial charge in [0, 0.05) is 6.61 Å². The molecule has 0 radical (unpaired) electrons. The zero-order valence-corrected chi connectivity index (χ0v) is 11.7. The average Bonchev–Trinajstić information content (AvgIpc) is 2.29. The van der Waals surface area contributed by atoms with Gasteiger partial charge in [0.2, 0.25) is 0 Å². The number of rotatable bonds is 7. The number of nitrogens with one attached hydrogen (secondary N) is 1. The number of hydrogen-bond donors (Lipinski definition) is 2. The average molecular weight is 243 g/mol. The molecule has 0 spiro atoms. The van der Waals surface area contributed by atoms with Gasteiger partial charge in [0.05, 0.1) is 18.8 Å². The molecule has 102 valence electrons. The maximum Gasteiger partial charge on any atom is 0.0668 e. The van der Waals surface area contributed by atoms with Crippen LogP contribution in [0, 0.1) is 11.8 Å². The molecule has 3 heteroatoms. The summed E-state index contributed by atoms with van der Waals surface area (Å²) in [6.07, 6.45) is 5.33. The molecular formula is C14H29NO2. The highest BCUT2D eigenvalue weighted by molar-refractivity contribution is 4.81. The van der Waals surface area contributed by atoms with E-state index in [1.54, 1.807) is 0 Å². The second-order valence-corrected chi connectivity index (χ2v) is 5.90. The molecule has 17 heavy (non-hydrogen) atoms. The largest absolute Gasteiger partial charge is 0.394 e. The molecule has 1 aliphatic rings. The van der Waals surface area contributed by atoms with Crippen molar-refractivity contribution in [1.29, 1.82) is 0 Å². The third-order valence-corrected chi connectivity index (χ3v) is 3.77. The zero-order chi connectivity index (χ0) is 12.7. The molecule has 0 saturated heterocycles. The van der Waals surface area contributed by atoms with Crippen LogP contribution in [-0.2, 0) is 4.74 Å². The highest BCUT2D eigenvalue weighted by Gasteiger charge is 2.24. The summed E-state index contributed by atoms with van der Waals surface area (Å²) in [5.74, 6) is 1.58. The van der Waals surface area contributed by atoms with Gasteiger partial charge in [0.15, 0.2) is 0 Å². The van der Waals surface area contributed by atoms with Gasteiger partial charge in [-0.05, 0) is 38.1 Å². The highest BCUT2D eigenvalue weighted by atomic mass is 16.5. The first kappa shape index (κ1) is 14.9. The Labute approximate surface area is 106 Å². The van der Waals surface area contributed by atoms with E-state index in [0.29, 0.717) is 6.61 Å². The Balaban J connectivity index is 2.21. The number of aliphatic hydroxyl groups excluding tert-OH is 1. The van der Waals surface area contributed by atoms with Crippen molar-refractivity contribution in [2.75, 3.05) is 26.4 Å². The standard InChI is InChI=1S/C14H29NO2/c1-4-15-14(3,10-16)11-17-9-13-7-5-6-12(2)8-13/h12-13,15-16H,4-11H2,1-3H3. The van der Waals surface area contributed by atoms with Gasteiger partial charge in [-0.3, -0.25) is 0 Å². The van der Waals surface area contributed by atoms with E-state index in [4.69, 9.17) is 4.74 Å². The summed E-state index contributed by atoms with van der Waals surface area (Å²) in [4.78, 5) is 0. The molecule has 0 heterocycles. The van der Waals surface area contributed by atoms with Crippen molar-refractivity contribution in [2.45, 2.75) is 52.0 Å². The predicted molar refractivity (Wildman–Crippen MR) is 71.1 cm³/mol. The lowest BCUT2D eigenvalue weighted by atomic mass is 9.83. The van der Waals surface area contributed by atoms with E-state index in [-0.39, 0.29) is 12.1 Å². The molecule has 3 nitrogen and oxygen atoms in total. The molecule has 0 aromatic rings. The van der Waals surface area contributed by atoms with Crippen molar-refractivity contribution in [2.24, 2.45) is 11.8 Å². The van der Waals surface area contributed by atoms with Gasteiger partial charge in [-0.25, -0.2) is 0 Å². The van der Waals surface area contributed by atoms with Crippen LogP contribution in [0.5, 0.6) is 0 Å². The lowest BCUT2D eigenvalue weighted by Gasteiger charge is -2.31. The minimum atomic E-state index is -0.283. The van der Waals surface area contributed by atoms with Gasteiger partial charge in [0.25, 0.3) is 0 Å². The third kappa shape index (κ3) is 5.36. The molecule has 2 N–H and O–H groups in total. The summed E-state index contributed by atoms with van der Waals surface area (Å²) in [7, 11) is 0. The molecule has 3 atom stereocenters. The van der Waals surface area contributed by atoms with Crippen LogP contribution < -0.4 is 5.32 Å². The Hall–Kier alpha value is -0.120. The van der Waals surface area contributed by atoms with Crippen LogP contribution >= 0.6 is 0 Å². The summed E-state index contributed by atoms with van der Waals surface area (Å²) < 4.78 is 5.81. The summed E-state index contributed by atoms with van der Waals surface area (Å²) in [6.45, 7) is 8.84. The van der Waals surface area contributed by atoms with Gasteiger partial charge in [-0.1, -0.05) is 26.7 Å². The van der Waals surface area contributed by atoms with E-state index in [2.05, 4.69) is 19.2 Å². The number of ether oxygens (including phenoxy) is 1. The lowest BCUT2D eigenvalue weighted by Crippen LogP contribution is -2.49. The first-order chi connectivity index (χ1) is 8.09. The lowest BCUT2D eigenvalue weighted by molar-refractivity contribution is 0.0186. The molecule has 1 aliphatic carbocycles. The van der Waals surface area contributed by atoms with Gasteiger partial charge in [0.1, 0.15) is 0 Å². The van der Waals surface area contributed by atoms with Gasteiger partial charge in [-0.15, -0.1) is 0 Å². The Morgan fingerprint density at radius 3 is 2.76 bits per heavy atom.